The van der Waals surface area contributed by atoms with E-state index in [1.807, 2.05) is 50.2 Å². The fourth-order valence-corrected chi connectivity index (χ4v) is 5.55. The van der Waals surface area contributed by atoms with Crippen molar-refractivity contribution in [3.63, 3.8) is 0 Å². The van der Waals surface area contributed by atoms with Crippen molar-refractivity contribution in [1.29, 1.82) is 0 Å². The van der Waals surface area contributed by atoms with Gasteiger partial charge >= 0.3 is 0 Å². The van der Waals surface area contributed by atoms with Gasteiger partial charge in [0.15, 0.2) is 0 Å². The molecule has 0 aliphatic rings. The van der Waals surface area contributed by atoms with Crippen LogP contribution in [0.25, 0.3) is 0 Å². The third kappa shape index (κ3) is 8.71. The lowest BCUT2D eigenvalue weighted by molar-refractivity contribution is -0.140. The van der Waals surface area contributed by atoms with Gasteiger partial charge in [0.25, 0.3) is 0 Å². The Morgan fingerprint density at radius 3 is 2.20 bits per heavy atom. The molecule has 0 radical (unpaired) electrons. The quantitative estimate of drug-likeness (QED) is 0.291. The highest BCUT2D eigenvalue weighted by Gasteiger charge is 2.33. The molecule has 7 nitrogen and oxygen atoms in total. The van der Waals surface area contributed by atoms with Crippen LogP contribution in [-0.2, 0) is 32.6 Å². The van der Waals surface area contributed by atoms with Gasteiger partial charge in [0, 0.05) is 29.1 Å². The van der Waals surface area contributed by atoms with Crippen LogP contribution in [0.4, 0.5) is 5.69 Å². The summed E-state index contributed by atoms with van der Waals surface area (Å²) < 4.78 is 26.9. The van der Waals surface area contributed by atoms with Crippen LogP contribution in [0.15, 0.2) is 72.8 Å². The highest BCUT2D eigenvalue weighted by molar-refractivity contribution is 7.92. The van der Waals surface area contributed by atoms with Crippen molar-refractivity contribution >= 4 is 50.7 Å². The average molecular weight is 605 g/mol. The van der Waals surface area contributed by atoms with Crippen LogP contribution in [0.2, 0.25) is 10.0 Å². The molecule has 3 aromatic rings. The van der Waals surface area contributed by atoms with Gasteiger partial charge in [0.1, 0.15) is 12.6 Å². The largest absolute Gasteiger partial charge is 0.352 e. The number of halogens is 2. The Kier molecular flexibility index (Phi) is 11.0. The molecule has 0 aliphatic carbocycles. The maximum atomic E-state index is 14.1. The number of hydrogen-bond acceptors (Lipinski definition) is 4. The molecule has 0 fully saturated rings. The molecule has 1 N–H and O–H groups in total. The minimum Gasteiger partial charge on any atom is -0.352 e. The topological polar surface area (TPSA) is 86.8 Å². The summed E-state index contributed by atoms with van der Waals surface area (Å²) in [5, 5.41) is 3.83. The summed E-state index contributed by atoms with van der Waals surface area (Å²) in [6.07, 6.45) is 1.99. The summed E-state index contributed by atoms with van der Waals surface area (Å²) in [5.74, 6) is -0.858. The summed E-state index contributed by atoms with van der Waals surface area (Å²) >= 11 is 12.4. The molecule has 0 heterocycles. The smallest absolute Gasteiger partial charge is 0.244 e. The third-order valence-electron chi connectivity index (χ3n) is 6.63. The van der Waals surface area contributed by atoms with Gasteiger partial charge in [-0.15, -0.1) is 0 Å². The van der Waals surface area contributed by atoms with Crippen molar-refractivity contribution in [2.45, 2.75) is 52.2 Å². The number of sulfonamides is 1. The van der Waals surface area contributed by atoms with E-state index in [1.165, 1.54) is 11.0 Å². The molecule has 2 amide bonds. The van der Waals surface area contributed by atoms with Crippen LogP contribution in [0.3, 0.4) is 0 Å². The fraction of sp³-hybridized carbons (Fsp3) is 0.333. The molecule has 10 heteroatoms. The van der Waals surface area contributed by atoms with Crippen LogP contribution < -0.4 is 9.62 Å². The van der Waals surface area contributed by atoms with Gasteiger partial charge in [-0.25, -0.2) is 8.42 Å². The normalized spacial score (nSPS) is 12.8. The summed E-state index contributed by atoms with van der Waals surface area (Å²) in [4.78, 5) is 29.3. The Hall–Kier alpha value is -3.07. The van der Waals surface area contributed by atoms with E-state index in [-0.39, 0.29) is 24.9 Å². The first kappa shape index (κ1) is 31.5. The number of rotatable bonds is 12. The SMILES string of the molecule is CC[C@H](C)NC(=O)[C@@H](Cc1ccccc1)N(Cc1cccc(Cl)c1)C(=O)CN(c1cc(Cl)ccc1C)S(C)(=O)=O. The van der Waals surface area contributed by atoms with Gasteiger partial charge in [-0.3, -0.25) is 13.9 Å². The maximum absolute atomic E-state index is 14.1. The zero-order valence-electron chi connectivity index (χ0n) is 23.1. The van der Waals surface area contributed by atoms with Crippen molar-refractivity contribution < 1.29 is 18.0 Å². The molecular formula is C30H35Cl2N3O4S. The maximum Gasteiger partial charge on any atom is 0.244 e. The zero-order valence-corrected chi connectivity index (χ0v) is 25.4. The highest BCUT2D eigenvalue weighted by Crippen LogP contribution is 2.27. The van der Waals surface area contributed by atoms with E-state index in [2.05, 4.69) is 5.32 Å². The number of hydrogen-bond donors (Lipinski definition) is 1. The predicted molar refractivity (Wildman–Crippen MR) is 162 cm³/mol. The van der Waals surface area contributed by atoms with Crippen molar-refractivity contribution in [2.24, 2.45) is 0 Å². The van der Waals surface area contributed by atoms with Gasteiger partial charge in [-0.05, 0) is 61.2 Å². The number of nitrogens with one attached hydrogen (secondary N) is 1. The van der Waals surface area contributed by atoms with E-state index >= 15 is 0 Å². The molecule has 0 saturated heterocycles. The van der Waals surface area contributed by atoms with E-state index in [0.717, 1.165) is 16.1 Å². The Morgan fingerprint density at radius 2 is 1.57 bits per heavy atom. The number of carbonyl (C=O) groups excluding carboxylic acids is 2. The number of carbonyl (C=O) groups is 2. The van der Waals surface area contributed by atoms with Gasteiger partial charge in [-0.2, -0.15) is 0 Å². The van der Waals surface area contributed by atoms with Crippen molar-refractivity contribution in [2.75, 3.05) is 17.1 Å². The summed E-state index contributed by atoms with van der Waals surface area (Å²) in [6.45, 7) is 5.15. The zero-order chi connectivity index (χ0) is 29.4. The van der Waals surface area contributed by atoms with Crippen LogP contribution in [0.1, 0.15) is 37.0 Å². The third-order valence-corrected chi connectivity index (χ3v) is 8.23. The van der Waals surface area contributed by atoms with Crippen LogP contribution in [0.5, 0.6) is 0 Å². The minimum absolute atomic E-state index is 0.0525. The lowest BCUT2D eigenvalue weighted by Crippen LogP contribution is -2.54. The Bertz CT molecular complexity index is 1430. The standard InChI is InChI=1S/C30H35Cl2N3O4S/c1-5-22(3)33-30(37)28(17-23-10-7-6-8-11-23)34(19-24-12-9-13-25(31)16-24)29(36)20-35(40(4,38)39)27-18-26(32)15-14-21(27)2/h6-16,18,22,28H,5,17,19-20H2,1-4H3,(H,33,37)/t22-,28+/m0/s1. The summed E-state index contributed by atoms with van der Waals surface area (Å²) in [6, 6.07) is 20.3. The molecule has 0 unspecified atom stereocenters. The predicted octanol–water partition coefficient (Wildman–Crippen LogP) is 5.62. The van der Waals surface area contributed by atoms with Crippen LogP contribution >= 0.6 is 23.2 Å². The lowest BCUT2D eigenvalue weighted by atomic mass is 10.0. The van der Waals surface area contributed by atoms with E-state index < -0.39 is 28.5 Å². The number of benzene rings is 3. The van der Waals surface area contributed by atoms with Gasteiger partial charge in [0.05, 0.1) is 11.9 Å². The van der Waals surface area contributed by atoms with Crippen LogP contribution in [0, 0.1) is 6.92 Å². The Balaban J connectivity index is 2.09. The van der Waals surface area contributed by atoms with E-state index in [0.29, 0.717) is 33.3 Å². The molecule has 40 heavy (non-hydrogen) atoms. The van der Waals surface area contributed by atoms with E-state index in [9.17, 15) is 18.0 Å². The molecular weight excluding hydrogens is 569 g/mol. The van der Waals surface area contributed by atoms with E-state index in [4.69, 9.17) is 23.2 Å². The Morgan fingerprint density at radius 1 is 0.925 bits per heavy atom. The number of amides is 2. The highest BCUT2D eigenvalue weighted by atomic mass is 35.5. The molecule has 3 aromatic carbocycles. The first-order valence-electron chi connectivity index (χ1n) is 13.0. The average Bonchev–Trinajstić information content (AvgIpc) is 2.90. The van der Waals surface area contributed by atoms with Gasteiger partial charge in [0.2, 0.25) is 21.8 Å². The second-order valence-electron chi connectivity index (χ2n) is 9.88. The molecule has 0 aromatic heterocycles. The molecule has 214 valence electrons. The fourth-order valence-electron chi connectivity index (χ4n) is 4.27. The Labute approximate surface area is 247 Å². The number of aryl methyl sites for hydroxylation is 1. The summed E-state index contributed by atoms with van der Waals surface area (Å²) in [7, 11) is -3.89. The molecule has 0 spiro atoms. The minimum atomic E-state index is -3.89. The van der Waals surface area contributed by atoms with Crippen molar-refractivity contribution in [3.05, 3.63) is 99.5 Å². The second kappa shape index (κ2) is 14.0. The van der Waals surface area contributed by atoms with Crippen LogP contribution in [-0.4, -0.2) is 50.0 Å². The number of nitrogens with zero attached hydrogens (tertiary/aromatic N) is 2. The summed E-state index contributed by atoms with van der Waals surface area (Å²) in [5.41, 5.74) is 2.51. The van der Waals surface area contributed by atoms with Gasteiger partial charge in [-0.1, -0.05) is 78.7 Å². The molecule has 3 rings (SSSR count). The number of anilines is 1. The first-order chi connectivity index (χ1) is 18.9. The molecule has 2 atom stereocenters. The van der Waals surface area contributed by atoms with Gasteiger partial charge < -0.3 is 10.2 Å². The first-order valence-corrected chi connectivity index (χ1v) is 15.6. The molecule has 0 saturated carbocycles. The monoisotopic (exact) mass is 603 g/mol. The second-order valence-corrected chi connectivity index (χ2v) is 12.7. The van der Waals surface area contributed by atoms with Crippen molar-refractivity contribution in [3.8, 4) is 0 Å². The molecule has 0 bridgehead atoms. The lowest BCUT2D eigenvalue weighted by Gasteiger charge is -2.34. The molecule has 0 aliphatic heterocycles. The van der Waals surface area contributed by atoms with Crippen molar-refractivity contribution in [1.82, 2.24) is 10.2 Å². The van der Waals surface area contributed by atoms with E-state index in [1.54, 1.807) is 37.3 Å².